The lowest BCUT2D eigenvalue weighted by Crippen LogP contribution is -2.51. The molecule has 2 N–H and O–H groups in total. The van der Waals surface area contributed by atoms with Crippen LogP contribution < -0.4 is 15.5 Å². The quantitative estimate of drug-likeness (QED) is 0.905. The van der Waals surface area contributed by atoms with E-state index in [4.69, 9.17) is 0 Å². The van der Waals surface area contributed by atoms with Crippen molar-refractivity contribution < 1.29 is 9.59 Å². The first-order valence-corrected chi connectivity index (χ1v) is 8.11. The van der Waals surface area contributed by atoms with Gasteiger partial charge in [0.25, 0.3) is 0 Å². The van der Waals surface area contributed by atoms with E-state index in [1.54, 1.807) is 11.9 Å². The maximum atomic E-state index is 12.7. The average molecular weight is 323 g/mol. The van der Waals surface area contributed by atoms with E-state index in [-0.39, 0.29) is 11.9 Å². The van der Waals surface area contributed by atoms with Crippen LogP contribution in [0, 0.1) is 0 Å². The molecule has 24 heavy (non-hydrogen) atoms. The van der Waals surface area contributed by atoms with Gasteiger partial charge < -0.3 is 10.6 Å². The minimum atomic E-state index is -0.496. The molecule has 0 aliphatic carbocycles. The van der Waals surface area contributed by atoms with Gasteiger partial charge in [-0.05, 0) is 23.6 Å². The first-order chi connectivity index (χ1) is 11.7. The molecule has 0 unspecified atom stereocenters. The highest BCUT2D eigenvalue weighted by Gasteiger charge is 2.37. The second-order valence-electron chi connectivity index (χ2n) is 5.80. The van der Waals surface area contributed by atoms with Crippen molar-refractivity contribution in [3.63, 3.8) is 0 Å². The van der Waals surface area contributed by atoms with Crippen LogP contribution in [-0.4, -0.2) is 31.6 Å². The summed E-state index contributed by atoms with van der Waals surface area (Å²) in [6.45, 7) is 0.530. The Kier molecular flexibility index (Phi) is 4.79. The fourth-order valence-corrected chi connectivity index (χ4v) is 3.06. The molecule has 3 amide bonds. The molecule has 0 saturated carbocycles. The number of urea groups is 1. The first kappa shape index (κ1) is 16.1. The molecule has 0 aromatic heterocycles. The molecule has 5 nitrogen and oxygen atoms in total. The Labute approximate surface area is 141 Å². The molecular weight excluding hydrogens is 302 g/mol. The molecular formula is C19H21N3O2. The van der Waals surface area contributed by atoms with Crippen LogP contribution in [0.25, 0.3) is 0 Å². The second-order valence-corrected chi connectivity index (χ2v) is 5.80. The number of likely N-dealkylation sites (N-methyl/N-ethyl adjacent to an activating group) is 1. The van der Waals surface area contributed by atoms with Gasteiger partial charge in [-0.25, -0.2) is 4.79 Å². The zero-order chi connectivity index (χ0) is 16.9. The number of hydrogen-bond donors (Lipinski definition) is 2. The molecule has 2 aromatic carbocycles. The molecule has 2 aromatic rings. The van der Waals surface area contributed by atoms with Gasteiger partial charge in [0.05, 0.1) is 0 Å². The Morgan fingerprint density at radius 3 is 2.54 bits per heavy atom. The van der Waals surface area contributed by atoms with Gasteiger partial charge in [0, 0.05) is 25.7 Å². The smallest absolute Gasteiger partial charge is 0.322 e. The third kappa shape index (κ3) is 3.25. The number of fused-ring (bicyclic) bond motifs is 1. The van der Waals surface area contributed by atoms with Crippen LogP contribution in [0.2, 0.25) is 0 Å². The lowest BCUT2D eigenvalue weighted by Gasteiger charge is -2.24. The molecule has 1 aliphatic rings. The number of nitrogens with one attached hydrogen (secondary N) is 2. The van der Waals surface area contributed by atoms with Gasteiger partial charge in [0.1, 0.15) is 6.04 Å². The van der Waals surface area contributed by atoms with Gasteiger partial charge in [-0.3, -0.25) is 9.69 Å². The largest absolute Gasteiger partial charge is 0.357 e. The van der Waals surface area contributed by atoms with Crippen molar-refractivity contribution >= 4 is 17.6 Å². The standard InChI is InChI=1S/C19H21N3O2/c1-20-18(23)17-13-15-9-5-6-10-16(15)22(17)19(24)21-12-11-14-7-3-2-4-8-14/h2-10,17H,11-13H2,1H3,(H,20,23)(H,21,24)/t17-/m1/s1. The van der Waals surface area contributed by atoms with Gasteiger partial charge in [-0.15, -0.1) is 0 Å². The average Bonchev–Trinajstić information content (AvgIpc) is 3.01. The molecule has 5 heteroatoms. The van der Waals surface area contributed by atoms with E-state index >= 15 is 0 Å². The van der Waals surface area contributed by atoms with E-state index in [0.717, 1.165) is 17.7 Å². The number of rotatable bonds is 4. The van der Waals surface area contributed by atoms with Crippen molar-refractivity contribution in [2.45, 2.75) is 18.9 Å². The lowest BCUT2D eigenvalue weighted by molar-refractivity contribution is -0.121. The molecule has 0 saturated heterocycles. The predicted octanol–water partition coefficient (Wildman–Crippen LogP) is 2.12. The highest BCUT2D eigenvalue weighted by molar-refractivity contribution is 6.02. The minimum absolute atomic E-state index is 0.149. The van der Waals surface area contributed by atoms with Crippen molar-refractivity contribution in [2.24, 2.45) is 0 Å². The Balaban J connectivity index is 1.70. The maximum Gasteiger partial charge on any atom is 0.322 e. The Morgan fingerprint density at radius 1 is 1.08 bits per heavy atom. The molecule has 0 spiro atoms. The van der Waals surface area contributed by atoms with E-state index < -0.39 is 6.04 Å². The van der Waals surface area contributed by atoms with E-state index in [2.05, 4.69) is 10.6 Å². The fraction of sp³-hybridized carbons (Fsp3) is 0.263. The van der Waals surface area contributed by atoms with E-state index in [0.29, 0.717) is 13.0 Å². The zero-order valence-electron chi connectivity index (χ0n) is 13.7. The van der Waals surface area contributed by atoms with Crippen molar-refractivity contribution in [1.82, 2.24) is 10.6 Å². The van der Waals surface area contributed by atoms with Crippen LogP contribution in [0.1, 0.15) is 11.1 Å². The van der Waals surface area contributed by atoms with Crippen molar-refractivity contribution in [3.05, 3.63) is 65.7 Å². The number of carbonyl (C=O) groups is 2. The summed E-state index contributed by atoms with van der Waals surface area (Å²) in [6.07, 6.45) is 1.30. The summed E-state index contributed by atoms with van der Waals surface area (Å²) in [7, 11) is 1.59. The SMILES string of the molecule is CNC(=O)[C@H]1Cc2ccccc2N1C(=O)NCCc1ccccc1. The summed E-state index contributed by atoms with van der Waals surface area (Å²) in [6, 6.07) is 16.9. The number of para-hydroxylation sites is 1. The highest BCUT2D eigenvalue weighted by Crippen LogP contribution is 2.32. The summed E-state index contributed by atoms with van der Waals surface area (Å²) in [5.74, 6) is -0.149. The van der Waals surface area contributed by atoms with Crippen LogP contribution in [0.3, 0.4) is 0 Å². The normalized spacial score (nSPS) is 15.7. The Bertz CT molecular complexity index is 730. The first-order valence-electron chi connectivity index (χ1n) is 8.11. The summed E-state index contributed by atoms with van der Waals surface area (Å²) in [5.41, 5.74) is 3.00. The Hall–Kier alpha value is -2.82. The van der Waals surface area contributed by atoms with Crippen LogP contribution >= 0.6 is 0 Å². The molecule has 1 aliphatic heterocycles. The molecule has 124 valence electrons. The van der Waals surface area contributed by atoms with Crippen molar-refractivity contribution in [2.75, 3.05) is 18.5 Å². The molecule has 0 fully saturated rings. The summed E-state index contributed by atoms with van der Waals surface area (Å²) in [5, 5.41) is 5.58. The van der Waals surface area contributed by atoms with E-state index in [1.165, 1.54) is 5.56 Å². The van der Waals surface area contributed by atoms with E-state index in [1.807, 2.05) is 54.6 Å². The highest BCUT2D eigenvalue weighted by atomic mass is 16.2. The summed E-state index contributed by atoms with van der Waals surface area (Å²) >= 11 is 0. The topological polar surface area (TPSA) is 61.4 Å². The fourth-order valence-electron chi connectivity index (χ4n) is 3.06. The number of benzene rings is 2. The maximum absolute atomic E-state index is 12.7. The molecule has 0 bridgehead atoms. The molecule has 3 rings (SSSR count). The number of hydrogen-bond acceptors (Lipinski definition) is 2. The zero-order valence-corrected chi connectivity index (χ0v) is 13.7. The molecule has 0 radical (unpaired) electrons. The van der Waals surface area contributed by atoms with Gasteiger partial charge >= 0.3 is 6.03 Å². The third-order valence-corrected chi connectivity index (χ3v) is 4.28. The minimum Gasteiger partial charge on any atom is -0.357 e. The van der Waals surface area contributed by atoms with E-state index in [9.17, 15) is 9.59 Å². The van der Waals surface area contributed by atoms with Crippen molar-refractivity contribution in [3.8, 4) is 0 Å². The Morgan fingerprint density at radius 2 is 1.79 bits per heavy atom. The van der Waals surface area contributed by atoms with Gasteiger partial charge in [0.2, 0.25) is 5.91 Å². The molecule has 1 heterocycles. The number of nitrogens with zero attached hydrogens (tertiary/aromatic N) is 1. The lowest BCUT2D eigenvalue weighted by atomic mass is 10.1. The number of amides is 3. The molecule has 1 atom stereocenters. The van der Waals surface area contributed by atoms with Crippen LogP contribution in [0.15, 0.2) is 54.6 Å². The van der Waals surface area contributed by atoms with Gasteiger partial charge in [0.15, 0.2) is 0 Å². The number of carbonyl (C=O) groups excluding carboxylic acids is 2. The monoisotopic (exact) mass is 323 g/mol. The van der Waals surface area contributed by atoms with Crippen LogP contribution in [0.5, 0.6) is 0 Å². The predicted molar refractivity (Wildman–Crippen MR) is 94.0 cm³/mol. The number of anilines is 1. The summed E-state index contributed by atoms with van der Waals surface area (Å²) < 4.78 is 0. The van der Waals surface area contributed by atoms with Gasteiger partial charge in [-0.1, -0.05) is 48.5 Å². The third-order valence-electron chi connectivity index (χ3n) is 4.28. The summed E-state index contributed by atoms with van der Waals surface area (Å²) in [4.78, 5) is 26.4. The second kappa shape index (κ2) is 7.17. The van der Waals surface area contributed by atoms with Crippen LogP contribution in [0.4, 0.5) is 10.5 Å². The van der Waals surface area contributed by atoms with Crippen molar-refractivity contribution in [1.29, 1.82) is 0 Å². The van der Waals surface area contributed by atoms with Crippen LogP contribution in [-0.2, 0) is 17.6 Å². The van der Waals surface area contributed by atoms with Gasteiger partial charge in [-0.2, -0.15) is 0 Å².